The van der Waals surface area contributed by atoms with Gasteiger partial charge in [-0.05, 0) is 55.2 Å². The minimum Gasteiger partial charge on any atom is -0.343 e. The van der Waals surface area contributed by atoms with E-state index in [0.717, 1.165) is 17.0 Å². The van der Waals surface area contributed by atoms with Crippen molar-refractivity contribution in [2.24, 2.45) is 5.92 Å². The van der Waals surface area contributed by atoms with E-state index in [2.05, 4.69) is 0 Å². The van der Waals surface area contributed by atoms with Crippen LogP contribution in [0.3, 0.4) is 0 Å². The highest BCUT2D eigenvalue weighted by Gasteiger charge is 2.41. The number of carbonyl (C=O) groups is 3. The number of piperidine rings is 2. The molecule has 2 heterocycles. The highest BCUT2D eigenvalue weighted by Crippen LogP contribution is 2.38. The van der Waals surface area contributed by atoms with Gasteiger partial charge in [-0.15, -0.1) is 0 Å². The molecule has 2 aliphatic rings. The zero-order chi connectivity index (χ0) is 31.9. The van der Waals surface area contributed by atoms with Crippen LogP contribution in [0, 0.1) is 17.6 Å². The molecule has 0 bridgehead atoms. The molecule has 2 aliphatic heterocycles. The number of hydrogen-bond donors (Lipinski definition) is 0. The molecule has 3 amide bonds. The number of rotatable bonds is 4. The Labute approximate surface area is 242 Å². The third kappa shape index (κ3) is 7.10. The van der Waals surface area contributed by atoms with E-state index in [1.54, 1.807) is 4.90 Å². The smallest absolute Gasteiger partial charge is 0.343 e. The van der Waals surface area contributed by atoms with Gasteiger partial charge < -0.3 is 14.7 Å². The summed E-state index contributed by atoms with van der Waals surface area (Å²) in [6, 6.07) is 2.75. The Morgan fingerprint density at radius 3 is 1.86 bits per heavy atom. The average molecular weight is 620 g/mol. The lowest BCUT2D eigenvalue weighted by Gasteiger charge is -2.44. The first-order valence-electron chi connectivity index (χ1n) is 13.5. The molecular formula is C29H29F8N3O3. The fourth-order valence-electron chi connectivity index (χ4n) is 5.81. The van der Waals surface area contributed by atoms with Gasteiger partial charge in [-0.1, -0.05) is 6.07 Å². The monoisotopic (exact) mass is 619 g/mol. The predicted molar refractivity (Wildman–Crippen MR) is 138 cm³/mol. The van der Waals surface area contributed by atoms with Gasteiger partial charge in [0.1, 0.15) is 0 Å². The zero-order valence-corrected chi connectivity index (χ0v) is 23.2. The molecule has 4 rings (SSSR count). The Morgan fingerprint density at radius 1 is 0.791 bits per heavy atom. The molecule has 6 nitrogen and oxygen atoms in total. The lowest BCUT2D eigenvalue weighted by molar-refractivity contribution is -0.143. The highest BCUT2D eigenvalue weighted by molar-refractivity contribution is 5.95. The van der Waals surface area contributed by atoms with Gasteiger partial charge in [0.25, 0.3) is 5.91 Å². The van der Waals surface area contributed by atoms with Gasteiger partial charge in [0.05, 0.1) is 11.1 Å². The van der Waals surface area contributed by atoms with Crippen LogP contribution in [0.4, 0.5) is 35.1 Å². The van der Waals surface area contributed by atoms with E-state index >= 15 is 0 Å². The van der Waals surface area contributed by atoms with E-state index in [1.165, 1.54) is 24.9 Å². The minimum absolute atomic E-state index is 0.0600. The van der Waals surface area contributed by atoms with Crippen LogP contribution >= 0.6 is 0 Å². The molecule has 43 heavy (non-hydrogen) atoms. The summed E-state index contributed by atoms with van der Waals surface area (Å²) in [5, 5.41) is 0. The number of halogens is 8. The second-order valence-electron chi connectivity index (χ2n) is 10.9. The fourth-order valence-corrected chi connectivity index (χ4v) is 5.81. The Hall–Kier alpha value is -3.71. The summed E-state index contributed by atoms with van der Waals surface area (Å²) in [5.74, 6) is -5.05. The molecule has 2 saturated heterocycles. The average Bonchev–Trinajstić information content (AvgIpc) is 2.96. The predicted octanol–water partition coefficient (Wildman–Crippen LogP) is 5.72. The van der Waals surface area contributed by atoms with Gasteiger partial charge in [-0.3, -0.25) is 14.4 Å². The standard InChI is InChI=1S/C29H29F8N3O3/c1-16(41)39-8-5-17(6-9-39)27(43)40-10-7-25(22(15-40)18-3-4-23(30)24(31)13-18)38(2)26(42)19-11-20(28(32,33)34)14-21(12-19)29(35,36)37/h3-4,11-14,17,22,25H,5-10,15H2,1-2H3. The first-order chi connectivity index (χ1) is 20.0. The number of likely N-dealkylation sites (tertiary alicyclic amines) is 2. The van der Waals surface area contributed by atoms with Gasteiger partial charge >= 0.3 is 12.4 Å². The van der Waals surface area contributed by atoms with Crippen molar-refractivity contribution in [3.63, 3.8) is 0 Å². The molecule has 2 atom stereocenters. The van der Waals surface area contributed by atoms with Crippen molar-refractivity contribution in [3.8, 4) is 0 Å². The maximum atomic E-state index is 14.3. The summed E-state index contributed by atoms with van der Waals surface area (Å²) >= 11 is 0. The Morgan fingerprint density at radius 2 is 1.35 bits per heavy atom. The van der Waals surface area contributed by atoms with E-state index in [-0.39, 0.29) is 43.0 Å². The molecule has 0 spiro atoms. The molecule has 0 aliphatic carbocycles. The van der Waals surface area contributed by atoms with Crippen LogP contribution in [-0.2, 0) is 21.9 Å². The van der Waals surface area contributed by atoms with E-state index in [9.17, 15) is 49.5 Å². The first-order valence-corrected chi connectivity index (χ1v) is 13.5. The number of carbonyl (C=O) groups excluding carboxylic acids is 3. The molecule has 2 aromatic carbocycles. The molecule has 0 aromatic heterocycles. The first kappa shape index (κ1) is 32.2. The Bertz CT molecular complexity index is 1350. The van der Waals surface area contributed by atoms with Crippen molar-refractivity contribution in [2.75, 3.05) is 33.2 Å². The summed E-state index contributed by atoms with van der Waals surface area (Å²) in [6.07, 6.45) is -9.41. The van der Waals surface area contributed by atoms with Crippen molar-refractivity contribution in [2.45, 2.75) is 50.5 Å². The minimum atomic E-state index is -5.16. The molecule has 2 fully saturated rings. The van der Waals surface area contributed by atoms with Gasteiger partial charge in [-0.25, -0.2) is 8.78 Å². The van der Waals surface area contributed by atoms with Gasteiger partial charge in [0.2, 0.25) is 11.8 Å². The normalized spacial score (nSPS) is 20.2. The lowest BCUT2D eigenvalue weighted by atomic mass is 9.83. The van der Waals surface area contributed by atoms with Crippen LogP contribution in [0.1, 0.15) is 59.2 Å². The van der Waals surface area contributed by atoms with Crippen LogP contribution < -0.4 is 0 Å². The van der Waals surface area contributed by atoms with Gasteiger partial charge in [-0.2, -0.15) is 26.3 Å². The van der Waals surface area contributed by atoms with Crippen LogP contribution in [0.25, 0.3) is 0 Å². The lowest BCUT2D eigenvalue weighted by Crippen LogP contribution is -2.53. The fraction of sp³-hybridized carbons (Fsp3) is 0.483. The molecule has 0 saturated carbocycles. The van der Waals surface area contributed by atoms with E-state index < -0.39 is 64.5 Å². The highest BCUT2D eigenvalue weighted by atomic mass is 19.4. The molecule has 2 aromatic rings. The summed E-state index contributed by atoms with van der Waals surface area (Å²) in [7, 11) is 1.21. The summed E-state index contributed by atoms with van der Waals surface area (Å²) < 4.78 is 109. The van der Waals surface area contributed by atoms with Crippen molar-refractivity contribution in [1.29, 1.82) is 0 Å². The number of nitrogens with zero attached hydrogens (tertiary/aromatic N) is 3. The van der Waals surface area contributed by atoms with Gasteiger partial charge in [0.15, 0.2) is 11.6 Å². The second kappa shape index (κ2) is 12.1. The quantitative estimate of drug-likeness (QED) is 0.412. The summed E-state index contributed by atoms with van der Waals surface area (Å²) in [6.45, 7) is 2.26. The largest absolute Gasteiger partial charge is 0.416 e. The van der Waals surface area contributed by atoms with Crippen LogP contribution in [0.2, 0.25) is 0 Å². The third-order valence-electron chi connectivity index (χ3n) is 8.20. The molecule has 234 valence electrons. The number of hydrogen-bond acceptors (Lipinski definition) is 3. The van der Waals surface area contributed by atoms with Crippen molar-refractivity contribution in [3.05, 3.63) is 70.3 Å². The summed E-state index contributed by atoms with van der Waals surface area (Å²) in [5.41, 5.74) is -3.93. The molecule has 0 radical (unpaired) electrons. The Kier molecular flexibility index (Phi) is 9.08. The number of amides is 3. The van der Waals surface area contributed by atoms with Crippen LogP contribution in [0.5, 0.6) is 0 Å². The number of alkyl halides is 6. The number of likely N-dealkylation sites (N-methyl/N-ethyl adjacent to an activating group) is 1. The van der Waals surface area contributed by atoms with Crippen molar-refractivity contribution >= 4 is 17.7 Å². The molecule has 14 heteroatoms. The second-order valence-corrected chi connectivity index (χ2v) is 10.9. The van der Waals surface area contributed by atoms with Gasteiger partial charge in [0, 0.05) is 63.6 Å². The van der Waals surface area contributed by atoms with E-state index in [1.807, 2.05) is 0 Å². The van der Waals surface area contributed by atoms with Crippen molar-refractivity contribution in [1.82, 2.24) is 14.7 Å². The molecule has 0 N–H and O–H groups in total. The maximum Gasteiger partial charge on any atom is 0.416 e. The zero-order valence-electron chi connectivity index (χ0n) is 23.2. The third-order valence-corrected chi connectivity index (χ3v) is 8.20. The number of benzene rings is 2. The molecular weight excluding hydrogens is 590 g/mol. The molecule has 2 unspecified atom stereocenters. The summed E-state index contributed by atoms with van der Waals surface area (Å²) in [4.78, 5) is 42.6. The van der Waals surface area contributed by atoms with E-state index in [4.69, 9.17) is 0 Å². The van der Waals surface area contributed by atoms with E-state index in [0.29, 0.717) is 38.1 Å². The van der Waals surface area contributed by atoms with Crippen LogP contribution in [-0.4, -0.2) is 71.7 Å². The topological polar surface area (TPSA) is 60.9 Å². The maximum absolute atomic E-state index is 14.3. The van der Waals surface area contributed by atoms with Crippen LogP contribution in [0.15, 0.2) is 36.4 Å². The Balaban J connectivity index is 1.63. The van der Waals surface area contributed by atoms with Crippen molar-refractivity contribution < 1.29 is 49.5 Å². The SMILES string of the molecule is CC(=O)N1CCC(C(=O)N2CCC(N(C)C(=O)c3cc(C(F)(F)F)cc(C(F)(F)F)c3)C(c3ccc(F)c(F)c3)C2)CC1.